The third-order valence-electron chi connectivity index (χ3n) is 2.67. The highest BCUT2D eigenvalue weighted by Crippen LogP contribution is 2.29. The van der Waals surface area contributed by atoms with Crippen molar-refractivity contribution in [3.05, 3.63) is 29.3 Å². The normalized spacial score (nSPS) is 12.5. The van der Waals surface area contributed by atoms with E-state index in [1.807, 2.05) is 32.0 Å². The molecule has 1 rings (SSSR count). The van der Waals surface area contributed by atoms with E-state index < -0.39 is 15.9 Å². The molecule has 0 fully saturated rings. The molecular formula is C13H15Cl4N3OS. The summed E-state index contributed by atoms with van der Waals surface area (Å²) in [5.74, 6) is -0.740. The summed E-state index contributed by atoms with van der Waals surface area (Å²) in [6.07, 6.45) is -1.02. The predicted molar refractivity (Wildman–Crippen MR) is 98.2 cm³/mol. The van der Waals surface area contributed by atoms with E-state index in [0.29, 0.717) is 0 Å². The number of rotatable bonds is 4. The van der Waals surface area contributed by atoms with Crippen LogP contribution in [0.2, 0.25) is 0 Å². The first-order valence-corrected chi connectivity index (χ1v) is 8.28. The molecule has 0 saturated heterocycles. The first kappa shape index (κ1) is 19.6. The molecule has 1 aromatic rings. The van der Waals surface area contributed by atoms with E-state index >= 15 is 0 Å². The van der Waals surface area contributed by atoms with Gasteiger partial charge in [-0.2, -0.15) is 0 Å². The SMILES string of the molecule is Cc1ccc(C)c(NC(=S)NC(NC(=O)CCl)C(Cl)(Cl)Cl)c1. The summed E-state index contributed by atoms with van der Waals surface area (Å²) >= 11 is 28.1. The van der Waals surface area contributed by atoms with Gasteiger partial charge < -0.3 is 16.0 Å². The molecule has 0 spiro atoms. The number of anilines is 1. The summed E-state index contributed by atoms with van der Waals surface area (Å²) in [5, 5.41) is 8.41. The molecule has 3 N–H and O–H groups in total. The molecule has 0 aliphatic rings. The van der Waals surface area contributed by atoms with Crippen molar-refractivity contribution in [3.63, 3.8) is 0 Å². The van der Waals surface area contributed by atoms with Gasteiger partial charge in [0.15, 0.2) is 5.11 Å². The van der Waals surface area contributed by atoms with Gasteiger partial charge in [0.2, 0.25) is 9.70 Å². The van der Waals surface area contributed by atoms with E-state index in [1.165, 1.54) is 0 Å². The Labute approximate surface area is 154 Å². The molecule has 0 saturated carbocycles. The van der Waals surface area contributed by atoms with Crippen LogP contribution in [-0.4, -0.2) is 26.9 Å². The molecule has 22 heavy (non-hydrogen) atoms. The van der Waals surface area contributed by atoms with Crippen LogP contribution in [-0.2, 0) is 4.79 Å². The zero-order chi connectivity index (χ0) is 16.9. The van der Waals surface area contributed by atoms with Crippen LogP contribution < -0.4 is 16.0 Å². The molecule has 0 aliphatic carbocycles. The highest BCUT2D eigenvalue weighted by atomic mass is 35.6. The minimum Gasteiger partial charge on any atom is -0.339 e. The van der Waals surface area contributed by atoms with E-state index in [9.17, 15) is 4.79 Å². The van der Waals surface area contributed by atoms with Crippen LogP contribution in [0.4, 0.5) is 5.69 Å². The van der Waals surface area contributed by atoms with Gasteiger partial charge in [-0.3, -0.25) is 4.79 Å². The summed E-state index contributed by atoms with van der Waals surface area (Å²) in [7, 11) is 0. The van der Waals surface area contributed by atoms with Crippen LogP contribution in [0, 0.1) is 13.8 Å². The number of nitrogens with one attached hydrogen (secondary N) is 3. The number of thiocarbonyl (C=S) groups is 1. The average molecular weight is 403 g/mol. The molecule has 1 atom stereocenters. The van der Waals surface area contributed by atoms with Crippen LogP contribution in [0.15, 0.2) is 18.2 Å². The first-order chi connectivity index (χ1) is 10.1. The van der Waals surface area contributed by atoms with Gasteiger partial charge in [0.05, 0.1) is 0 Å². The number of hydrogen-bond donors (Lipinski definition) is 3. The van der Waals surface area contributed by atoms with E-state index in [1.54, 1.807) is 0 Å². The topological polar surface area (TPSA) is 53.2 Å². The third kappa shape index (κ3) is 6.34. The molecule has 1 amide bonds. The fourth-order valence-electron chi connectivity index (χ4n) is 1.56. The maximum atomic E-state index is 11.4. The highest BCUT2D eigenvalue weighted by molar-refractivity contribution is 7.80. The van der Waals surface area contributed by atoms with E-state index in [4.69, 9.17) is 58.6 Å². The second kappa shape index (κ2) is 8.41. The van der Waals surface area contributed by atoms with Crippen LogP contribution >= 0.6 is 58.6 Å². The van der Waals surface area contributed by atoms with Crippen molar-refractivity contribution in [2.75, 3.05) is 11.2 Å². The maximum absolute atomic E-state index is 11.4. The third-order valence-corrected chi connectivity index (χ3v) is 3.79. The van der Waals surface area contributed by atoms with Crippen molar-refractivity contribution in [1.29, 1.82) is 0 Å². The Morgan fingerprint density at radius 2 is 1.91 bits per heavy atom. The fourth-order valence-corrected chi connectivity index (χ4v) is 2.19. The lowest BCUT2D eigenvalue weighted by Gasteiger charge is -2.27. The zero-order valence-electron chi connectivity index (χ0n) is 11.8. The lowest BCUT2D eigenvalue weighted by molar-refractivity contribution is -0.119. The number of hydrogen-bond acceptors (Lipinski definition) is 2. The van der Waals surface area contributed by atoms with Crippen LogP contribution in [0.3, 0.4) is 0 Å². The van der Waals surface area contributed by atoms with Gasteiger partial charge in [-0.25, -0.2) is 0 Å². The van der Waals surface area contributed by atoms with Crippen molar-refractivity contribution in [2.45, 2.75) is 23.8 Å². The number of benzene rings is 1. The minimum absolute atomic E-state index is 0.208. The number of aryl methyl sites for hydroxylation is 2. The Kier molecular flexibility index (Phi) is 7.49. The molecule has 1 unspecified atom stereocenters. The Morgan fingerprint density at radius 3 is 2.45 bits per heavy atom. The zero-order valence-corrected chi connectivity index (χ0v) is 15.7. The molecule has 0 radical (unpaired) electrons. The van der Waals surface area contributed by atoms with Crippen LogP contribution in [0.1, 0.15) is 11.1 Å². The van der Waals surface area contributed by atoms with Gasteiger partial charge >= 0.3 is 0 Å². The highest BCUT2D eigenvalue weighted by Gasteiger charge is 2.34. The first-order valence-electron chi connectivity index (χ1n) is 6.20. The monoisotopic (exact) mass is 401 g/mol. The summed E-state index contributed by atoms with van der Waals surface area (Å²) in [4.78, 5) is 11.4. The van der Waals surface area contributed by atoms with Crippen molar-refractivity contribution in [3.8, 4) is 0 Å². The predicted octanol–water partition coefficient (Wildman–Crippen LogP) is 3.64. The van der Waals surface area contributed by atoms with Crippen molar-refractivity contribution >= 4 is 75.3 Å². The smallest absolute Gasteiger partial charge is 0.236 e. The minimum atomic E-state index is -1.80. The van der Waals surface area contributed by atoms with E-state index in [2.05, 4.69) is 16.0 Å². The number of alkyl halides is 4. The molecule has 9 heteroatoms. The van der Waals surface area contributed by atoms with Gasteiger partial charge in [0, 0.05) is 5.69 Å². The largest absolute Gasteiger partial charge is 0.339 e. The number of amides is 1. The maximum Gasteiger partial charge on any atom is 0.236 e. The van der Waals surface area contributed by atoms with Crippen LogP contribution in [0.25, 0.3) is 0 Å². The second-order valence-electron chi connectivity index (χ2n) is 4.59. The number of carbonyl (C=O) groups is 1. The van der Waals surface area contributed by atoms with Gasteiger partial charge in [0.25, 0.3) is 0 Å². The Balaban J connectivity index is 2.79. The standard InChI is InChI=1S/C13H15Cl4N3OS/c1-7-3-4-8(2)9(5-7)18-12(22)20-11(13(15,16)17)19-10(21)6-14/h3-5,11H,6H2,1-2H3,(H,19,21)(H2,18,20,22). The molecular weight excluding hydrogens is 388 g/mol. The fraction of sp³-hybridized carbons (Fsp3) is 0.385. The Hall–Kier alpha value is -0.460. The van der Waals surface area contributed by atoms with Crippen molar-refractivity contribution < 1.29 is 4.79 Å². The van der Waals surface area contributed by atoms with Gasteiger partial charge in [-0.1, -0.05) is 46.9 Å². The number of halogens is 4. The van der Waals surface area contributed by atoms with Crippen molar-refractivity contribution in [2.24, 2.45) is 0 Å². The summed E-state index contributed by atoms with van der Waals surface area (Å²) < 4.78 is -1.80. The molecule has 4 nitrogen and oxygen atoms in total. The summed E-state index contributed by atoms with van der Waals surface area (Å²) in [6, 6.07) is 5.88. The van der Waals surface area contributed by atoms with Crippen LogP contribution in [0.5, 0.6) is 0 Å². The summed E-state index contributed by atoms with van der Waals surface area (Å²) in [5.41, 5.74) is 2.90. The second-order valence-corrected chi connectivity index (χ2v) is 7.64. The molecule has 122 valence electrons. The summed E-state index contributed by atoms with van der Waals surface area (Å²) in [6.45, 7) is 3.90. The van der Waals surface area contributed by atoms with E-state index in [0.717, 1.165) is 16.8 Å². The lowest BCUT2D eigenvalue weighted by Crippen LogP contribution is -2.56. The van der Waals surface area contributed by atoms with Gasteiger partial charge in [-0.15, -0.1) is 11.6 Å². The van der Waals surface area contributed by atoms with Crippen molar-refractivity contribution in [1.82, 2.24) is 10.6 Å². The molecule has 0 aliphatic heterocycles. The van der Waals surface area contributed by atoms with Gasteiger partial charge in [-0.05, 0) is 43.3 Å². The molecule has 1 aromatic carbocycles. The Morgan fingerprint density at radius 1 is 1.27 bits per heavy atom. The lowest BCUT2D eigenvalue weighted by atomic mass is 10.1. The average Bonchev–Trinajstić information content (AvgIpc) is 2.41. The van der Waals surface area contributed by atoms with E-state index in [-0.39, 0.29) is 11.0 Å². The number of carbonyl (C=O) groups excluding carboxylic acids is 1. The molecule has 0 bridgehead atoms. The van der Waals surface area contributed by atoms with Gasteiger partial charge in [0.1, 0.15) is 12.0 Å². The molecule has 0 heterocycles. The molecule has 0 aromatic heterocycles. The Bertz CT molecular complexity index is 563. The quantitative estimate of drug-likeness (QED) is 0.408.